The number of nitro groups is 1. The van der Waals surface area contributed by atoms with Gasteiger partial charge in [-0.3, -0.25) is 19.7 Å². The zero-order valence-electron chi connectivity index (χ0n) is 13.4. The molecule has 130 valence electrons. The zero-order valence-corrected chi connectivity index (χ0v) is 14.2. The van der Waals surface area contributed by atoms with E-state index < -0.39 is 10.9 Å². The predicted molar refractivity (Wildman–Crippen MR) is 90.3 cm³/mol. The van der Waals surface area contributed by atoms with Gasteiger partial charge in [0.25, 0.3) is 11.6 Å². The average molecular weight is 352 g/mol. The molecular weight excluding hydrogens is 332 g/mol. The Hall–Kier alpha value is -2.09. The third kappa shape index (κ3) is 4.47. The van der Waals surface area contributed by atoms with Crippen molar-refractivity contribution >= 4 is 29.3 Å². The average Bonchev–Trinajstić information content (AvgIpc) is 2.55. The van der Waals surface area contributed by atoms with Crippen molar-refractivity contribution in [3.05, 3.63) is 33.9 Å². The number of carboxylic acid groups (broad SMARTS) is 1. The maximum atomic E-state index is 12.5. The van der Waals surface area contributed by atoms with E-state index in [2.05, 4.69) is 5.32 Å². The summed E-state index contributed by atoms with van der Waals surface area (Å²) >= 11 is 1.46. The normalized spacial score (nSPS) is 20.4. The van der Waals surface area contributed by atoms with Crippen LogP contribution in [0, 0.1) is 16.0 Å². The molecule has 1 saturated carbocycles. The molecule has 0 heterocycles. The molecule has 24 heavy (non-hydrogen) atoms. The number of carbonyl (C=O) groups excluding carboxylic acids is 1. The number of non-ortho nitro benzene ring substituents is 1. The Balaban J connectivity index is 2.09. The van der Waals surface area contributed by atoms with E-state index in [-0.39, 0.29) is 23.6 Å². The number of aliphatic carboxylic acids is 1. The highest BCUT2D eigenvalue weighted by Gasteiger charge is 2.27. The Labute approximate surface area is 144 Å². The number of benzene rings is 1. The lowest BCUT2D eigenvalue weighted by atomic mass is 9.86. The molecule has 0 bridgehead atoms. The first-order valence-corrected chi connectivity index (χ1v) is 8.85. The summed E-state index contributed by atoms with van der Waals surface area (Å²) in [6.07, 6.45) is 2.28. The van der Waals surface area contributed by atoms with E-state index >= 15 is 0 Å². The second kappa shape index (κ2) is 8.14. The second-order valence-electron chi connectivity index (χ2n) is 5.73. The maximum absolute atomic E-state index is 12.5. The molecule has 0 atom stereocenters. The minimum Gasteiger partial charge on any atom is -0.481 e. The molecule has 2 N–H and O–H groups in total. The van der Waals surface area contributed by atoms with Crippen molar-refractivity contribution in [3.63, 3.8) is 0 Å². The summed E-state index contributed by atoms with van der Waals surface area (Å²) in [4.78, 5) is 34.6. The van der Waals surface area contributed by atoms with Crippen LogP contribution in [0.15, 0.2) is 23.1 Å². The number of amides is 1. The first kappa shape index (κ1) is 18.3. The molecule has 0 aliphatic heterocycles. The molecule has 1 aromatic rings. The molecule has 0 spiro atoms. The highest BCUT2D eigenvalue weighted by Crippen LogP contribution is 2.28. The molecule has 0 radical (unpaired) electrons. The number of rotatable bonds is 6. The molecule has 7 nitrogen and oxygen atoms in total. The molecule has 0 unspecified atom stereocenters. The number of carboxylic acids is 1. The minimum absolute atomic E-state index is 0.0909. The molecule has 1 amide bonds. The van der Waals surface area contributed by atoms with Gasteiger partial charge in [-0.15, -0.1) is 11.8 Å². The van der Waals surface area contributed by atoms with Gasteiger partial charge in [0.1, 0.15) is 0 Å². The van der Waals surface area contributed by atoms with Crippen molar-refractivity contribution < 1.29 is 19.6 Å². The molecule has 1 aromatic carbocycles. The lowest BCUT2D eigenvalue weighted by molar-refractivity contribution is -0.384. The highest BCUT2D eigenvalue weighted by atomic mass is 32.2. The number of carbonyl (C=O) groups is 2. The van der Waals surface area contributed by atoms with E-state index in [0.717, 1.165) is 5.75 Å². The fourth-order valence-electron chi connectivity index (χ4n) is 2.84. The Morgan fingerprint density at radius 3 is 2.54 bits per heavy atom. The molecule has 0 saturated heterocycles. The maximum Gasteiger partial charge on any atom is 0.306 e. The second-order valence-corrected chi connectivity index (χ2v) is 7.04. The van der Waals surface area contributed by atoms with E-state index in [1.165, 1.54) is 23.9 Å². The smallest absolute Gasteiger partial charge is 0.306 e. The van der Waals surface area contributed by atoms with Gasteiger partial charge >= 0.3 is 5.97 Å². The van der Waals surface area contributed by atoms with Gasteiger partial charge in [0, 0.05) is 23.1 Å². The molecule has 2 rings (SSSR count). The standard InChI is InChI=1S/C16H20N2O5S/c1-2-24-14-8-7-12(18(22)23)9-13(14)15(19)17-11-5-3-10(4-6-11)16(20)21/h7-11H,2-6H2,1H3,(H,17,19)(H,20,21). The number of thioether (sulfide) groups is 1. The molecular formula is C16H20N2O5S. The van der Waals surface area contributed by atoms with Gasteiger partial charge in [-0.25, -0.2) is 0 Å². The van der Waals surface area contributed by atoms with E-state index in [1.807, 2.05) is 6.92 Å². The monoisotopic (exact) mass is 352 g/mol. The molecule has 0 aromatic heterocycles. The summed E-state index contributed by atoms with van der Waals surface area (Å²) in [5.41, 5.74) is 0.187. The summed E-state index contributed by atoms with van der Waals surface area (Å²) < 4.78 is 0. The van der Waals surface area contributed by atoms with Crippen LogP contribution >= 0.6 is 11.8 Å². The van der Waals surface area contributed by atoms with E-state index in [0.29, 0.717) is 36.1 Å². The van der Waals surface area contributed by atoms with Crippen LogP contribution in [0.3, 0.4) is 0 Å². The van der Waals surface area contributed by atoms with Crippen LogP contribution in [0.5, 0.6) is 0 Å². The van der Waals surface area contributed by atoms with Gasteiger partial charge in [-0.05, 0) is 37.5 Å². The van der Waals surface area contributed by atoms with Crippen LogP contribution < -0.4 is 5.32 Å². The Bertz CT molecular complexity index is 641. The van der Waals surface area contributed by atoms with Crippen LogP contribution in [0.2, 0.25) is 0 Å². The van der Waals surface area contributed by atoms with Gasteiger partial charge in [0.05, 0.1) is 16.4 Å². The molecule has 8 heteroatoms. The predicted octanol–water partition coefficient (Wildman–Crippen LogP) is 3.08. The first-order valence-electron chi connectivity index (χ1n) is 7.87. The SMILES string of the molecule is CCSc1ccc([N+](=O)[O-])cc1C(=O)NC1CCC(C(=O)O)CC1. The van der Waals surface area contributed by atoms with Crippen molar-refractivity contribution in [2.45, 2.75) is 43.5 Å². The zero-order chi connectivity index (χ0) is 17.7. The third-order valence-corrected chi connectivity index (χ3v) is 5.09. The summed E-state index contributed by atoms with van der Waals surface area (Å²) in [5, 5.41) is 22.8. The van der Waals surface area contributed by atoms with Crippen molar-refractivity contribution in [2.24, 2.45) is 5.92 Å². The van der Waals surface area contributed by atoms with Crippen LogP contribution in [-0.2, 0) is 4.79 Å². The van der Waals surface area contributed by atoms with Gasteiger partial charge in [-0.2, -0.15) is 0 Å². The van der Waals surface area contributed by atoms with Crippen LogP contribution in [-0.4, -0.2) is 33.7 Å². The fraction of sp³-hybridized carbons (Fsp3) is 0.500. The largest absolute Gasteiger partial charge is 0.481 e. The van der Waals surface area contributed by atoms with Crippen molar-refractivity contribution in [2.75, 3.05) is 5.75 Å². The van der Waals surface area contributed by atoms with Crippen LogP contribution in [0.25, 0.3) is 0 Å². The molecule has 1 aliphatic rings. The fourth-order valence-corrected chi connectivity index (χ4v) is 3.62. The van der Waals surface area contributed by atoms with E-state index in [1.54, 1.807) is 6.07 Å². The number of nitrogens with zero attached hydrogens (tertiary/aromatic N) is 1. The van der Waals surface area contributed by atoms with Gasteiger partial charge in [0.2, 0.25) is 0 Å². The Kier molecular flexibility index (Phi) is 6.19. The summed E-state index contributed by atoms with van der Waals surface area (Å²) in [7, 11) is 0. The topological polar surface area (TPSA) is 110 Å². The molecule has 1 aliphatic carbocycles. The Morgan fingerprint density at radius 2 is 2.00 bits per heavy atom. The highest BCUT2D eigenvalue weighted by molar-refractivity contribution is 7.99. The van der Waals surface area contributed by atoms with Crippen molar-refractivity contribution in [3.8, 4) is 0 Å². The van der Waals surface area contributed by atoms with Crippen molar-refractivity contribution in [1.82, 2.24) is 5.32 Å². The number of nitrogens with one attached hydrogen (secondary N) is 1. The minimum atomic E-state index is -0.792. The third-order valence-electron chi connectivity index (χ3n) is 4.13. The van der Waals surface area contributed by atoms with Crippen LogP contribution in [0.4, 0.5) is 5.69 Å². The number of nitro benzene ring substituents is 1. The molecule has 1 fully saturated rings. The number of hydrogen-bond donors (Lipinski definition) is 2. The lowest BCUT2D eigenvalue weighted by Gasteiger charge is -2.27. The van der Waals surface area contributed by atoms with E-state index in [4.69, 9.17) is 5.11 Å². The lowest BCUT2D eigenvalue weighted by Crippen LogP contribution is -2.38. The summed E-state index contributed by atoms with van der Waals surface area (Å²) in [5.74, 6) is -0.724. The first-order chi connectivity index (χ1) is 11.4. The Morgan fingerprint density at radius 1 is 1.33 bits per heavy atom. The van der Waals surface area contributed by atoms with Crippen LogP contribution in [0.1, 0.15) is 43.0 Å². The summed E-state index contributed by atoms with van der Waals surface area (Å²) in [6, 6.07) is 4.21. The summed E-state index contributed by atoms with van der Waals surface area (Å²) in [6.45, 7) is 1.95. The quantitative estimate of drug-likeness (QED) is 0.462. The van der Waals surface area contributed by atoms with Gasteiger partial charge in [0.15, 0.2) is 0 Å². The van der Waals surface area contributed by atoms with Crippen molar-refractivity contribution in [1.29, 1.82) is 0 Å². The number of hydrogen-bond acceptors (Lipinski definition) is 5. The van der Waals surface area contributed by atoms with Gasteiger partial charge in [-0.1, -0.05) is 6.92 Å². The van der Waals surface area contributed by atoms with Gasteiger partial charge < -0.3 is 10.4 Å². The van der Waals surface area contributed by atoms with E-state index in [9.17, 15) is 19.7 Å².